The number of hydrogen-bond acceptors (Lipinski definition) is 4. The lowest BCUT2D eigenvalue weighted by atomic mass is 9.97. The van der Waals surface area contributed by atoms with E-state index in [0.717, 1.165) is 12.0 Å². The zero-order chi connectivity index (χ0) is 17.6. The third kappa shape index (κ3) is 2.40. The van der Waals surface area contributed by atoms with Gasteiger partial charge in [0.15, 0.2) is 0 Å². The van der Waals surface area contributed by atoms with Gasteiger partial charge < -0.3 is 9.47 Å². The van der Waals surface area contributed by atoms with Gasteiger partial charge in [0.05, 0.1) is 17.9 Å². The van der Waals surface area contributed by atoms with Crippen LogP contribution >= 0.6 is 0 Å². The molecule has 0 bridgehead atoms. The Morgan fingerprint density at radius 3 is 2.92 bits per heavy atom. The van der Waals surface area contributed by atoms with Crippen LogP contribution in [0.5, 0.6) is 0 Å². The number of benzene rings is 1. The number of ether oxygens (including phenoxy) is 2. The molecule has 3 unspecified atom stereocenters. The Bertz CT molecular complexity index is 864. The molecule has 1 aliphatic carbocycles. The summed E-state index contributed by atoms with van der Waals surface area (Å²) in [6.45, 7) is 8.83. The molecule has 0 radical (unpaired) electrons. The number of fused-ring (bicyclic) bond motifs is 3. The summed E-state index contributed by atoms with van der Waals surface area (Å²) in [5, 5.41) is 0. The van der Waals surface area contributed by atoms with Crippen LogP contribution in [0.15, 0.2) is 47.7 Å². The van der Waals surface area contributed by atoms with Crippen molar-refractivity contribution in [3.05, 3.63) is 70.3 Å². The zero-order valence-corrected chi connectivity index (χ0v) is 13.6. The smallest absolute Gasteiger partial charge is 0.336 e. The fourth-order valence-corrected chi connectivity index (χ4v) is 3.77. The average Bonchev–Trinajstić information content (AvgIpc) is 3.20. The molecule has 6 heteroatoms. The van der Waals surface area contributed by atoms with Crippen LogP contribution in [0.4, 0.5) is 0 Å². The van der Waals surface area contributed by atoms with Crippen molar-refractivity contribution in [3.8, 4) is 0 Å². The number of amides is 1. The van der Waals surface area contributed by atoms with Crippen molar-refractivity contribution in [1.29, 1.82) is 0 Å². The second-order valence-corrected chi connectivity index (χ2v) is 6.36. The fourth-order valence-electron chi connectivity index (χ4n) is 3.77. The first-order valence-corrected chi connectivity index (χ1v) is 8.07. The highest BCUT2D eigenvalue weighted by Crippen LogP contribution is 2.49. The fraction of sp³-hybridized carbons (Fsp3) is 0.316. The van der Waals surface area contributed by atoms with Gasteiger partial charge in [-0.3, -0.25) is 14.5 Å². The molecule has 0 saturated carbocycles. The number of carbonyl (C=O) groups is 2. The second kappa shape index (κ2) is 5.78. The number of carbonyl (C=O) groups excluding carboxylic acids is 2. The van der Waals surface area contributed by atoms with E-state index in [1.165, 1.54) is 11.8 Å². The maximum atomic E-state index is 12.8. The van der Waals surface area contributed by atoms with Crippen molar-refractivity contribution in [2.24, 2.45) is 5.92 Å². The first-order valence-electron chi connectivity index (χ1n) is 8.07. The van der Waals surface area contributed by atoms with Crippen molar-refractivity contribution >= 4 is 11.9 Å². The number of nitrogens with zero attached hydrogens (tertiary/aromatic N) is 2. The predicted molar refractivity (Wildman–Crippen MR) is 87.5 cm³/mol. The van der Waals surface area contributed by atoms with E-state index in [2.05, 4.69) is 10.9 Å². The molecule has 6 nitrogen and oxygen atoms in total. The van der Waals surface area contributed by atoms with Crippen molar-refractivity contribution in [2.45, 2.75) is 25.7 Å². The molecular weight excluding hydrogens is 320 g/mol. The molecule has 0 N–H and O–H groups in total. The van der Waals surface area contributed by atoms with Crippen molar-refractivity contribution in [3.63, 3.8) is 0 Å². The molecule has 4 rings (SSSR count). The van der Waals surface area contributed by atoms with Crippen LogP contribution in [0.1, 0.15) is 24.1 Å². The molecule has 1 amide bonds. The van der Waals surface area contributed by atoms with Crippen LogP contribution in [0, 0.1) is 12.5 Å². The third-order valence-electron chi connectivity index (χ3n) is 4.92. The first kappa shape index (κ1) is 15.5. The molecule has 3 atom stereocenters. The zero-order valence-electron chi connectivity index (χ0n) is 13.6. The molecule has 2 aliphatic heterocycles. The number of esters is 1. The van der Waals surface area contributed by atoms with E-state index >= 15 is 0 Å². The van der Waals surface area contributed by atoms with E-state index in [4.69, 9.17) is 16.0 Å². The Labute approximate surface area is 145 Å². The van der Waals surface area contributed by atoms with Gasteiger partial charge in [-0.05, 0) is 24.5 Å². The maximum absolute atomic E-state index is 12.8. The van der Waals surface area contributed by atoms with Crippen LogP contribution in [0.3, 0.4) is 0 Å². The van der Waals surface area contributed by atoms with Gasteiger partial charge in [-0.2, -0.15) is 0 Å². The second-order valence-electron chi connectivity index (χ2n) is 6.36. The monoisotopic (exact) mass is 336 g/mol. The molecule has 3 aliphatic rings. The average molecular weight is 336 g/mol. The van der Waals surface area contributed by atoms with Gasteiger partial charge in [0, 0.05) is 17.6 Å². The first-order chi connectivity index (χ1) is 12.1. The van der Waals surface area contributed by atoms with Gasteiger partial charge in [0.1, 0.15) is 0 Å². The van der Waals surface area contributed by atoms with Crippen LogP contribution in [0.2, 0.25) is 0 Å². The van der Waals surface area contributed by atoms with Crippen LogP contribution in [-0.4, -0.2) is 29.7 Å². The van der Waals surface area contributed by atoms with E-state index < -0.39 is 12.3 Å². The minimum atomic E-state index is -0.801. The van der Waals surface area contributed by atoms with E-state index in [1.807, 2.05) is 18.2 Å². The summed E-state index contributed by atoms with van der Waals surface area (Å²) in [5.74, 6) is -0.652. The third-order valence-corrected chi connectivity index (χ3v) is 4.92. The minimum absolute atomic E-state index is 0.0170. The Hall–Kier alpha value is -3.07. The van der Waals surface area contributed by atoms with Gasteiger partial charge >= 0.3 is 5.97 Å². The lowest BCUT2D eigenvalue weighted by Crippen LogP contribution is -2.27. The SMILES string of the molecule is [C-]#[N+]CN1C(=O)/C(=C/OC2C=C(C)C(=O)O2)C2Cc3ccccc3C21. The molecule has 0 aromatic heterocycles. The van der Waals surface area contributed by atoms with E-state index in [9.17, 15) is 9.59 Å². The molecule has 1 saturated heterocycles. The molecule has 1 fully saturated rings. The van der Waals surface area contributed by atoms with Gasteiger partial charge in [-0.15, -0.1) is 0 Å². The van der Waals surface area contributed by atoms with Crippen molar-refractivity contribution in [1.82, 2.24) is 4.90 Å². The summed E-state index contributed by atoms with van der Waals surface area (Å²) in [7, 11) is 0. The van der Waals surface area contributed by atoms with E-state index in [0.29, 0.717) is 11.1 Å². The Morgan fingerprint density at radius 1 is 1.40 bits per heavy atom. The van der Waals surface area contributed by atoms with Gasteiger partial charge in [-0.1, -0.05) is 24.3 Å². The Balaban J connectivity index is 1.64. The van der Waals surface area contributed by atoms with Gasteiger partial charge in [0.2, 0.25) is 0 Å². The Morgan fingerprint density at radius 2 is 2.20 bits per heavy atom. The molecule has 126 valence electrons. The van der Waals surface area contributed by atoms with Crippen LogP contribution in [0.25, 0.3) is 4.85 Å². The van der Waals surface area contributed by atoms with Crippen molar-refractivity contribution < 1.29 is 19.1 Å². The topological polar surface area (TPSA) is 60.2 Å². The van der Waals surface area contributed by atoms with Crippen LogP contribution < -0.4 is 0 Å². The summed E-state index contributed by atoms with van der Waals surface area (Å²) in [4.78, 5) is 29.2. The summed E-state index contributed by atoms with van der Waals surface area (Å²) in [5.41, 5.74) is 3.30. The summed E-state index contributed by atoms with van der Waals surface area (Å²) >= 11 is 0. The number of rotatable bonds is 3. The lowest BCUT2D eigenvalue weighted by Gasteiger charge is -2.18. The van der Waals surface area contributed by atoms with Gasteiger partial charge in [-0.25, -0.2) is 11.4 Å². The molecule has 0 spiro atoms. The summed E-state index contributed by atoms with van der Waals surface area (Å²) in [6.07, 6.45) is 2.92. The highest BCUT2D eigenvalue weighted by molar-refractivity contribution is 5.97. The van der Waals surface area contributed by atoms with Crippen LogP contribution in [-0.2, 0) is 25.5 Å². The highest BCUT2D eigenvalue weighted by Gasteiger charge is 2.50. The largest absolute Gasteiger partial charge is 0.458 e. The summed E-state index contributed by atoms with van der Waals surface area (Å²) < 4.78 is 10.6. The molecular formula is C19H16N2O4. The number of likely N-dealkylation sites (tertiary alicyclic amines) is 1. The minimum Gasteiger partial charge on any atom is -0.458 e. The lowest BCUT2D eigenvalue weighted by molar-refractivity contribution is -0.152. The quantitative estimate of drug-likeness (QED) is 0.368. The standard InChI is InChI=1S/C19H16N2O4/c1-11-7-16(25-19(11)23)24-9-15-14-8-12-5-3-4-6-13(12)17(14)21(10-20-2)18(15)22/h3-7,9,14,16-17H,8,10H2,1H3/b15-9+. The summed E-state index contributed by atoms with van der Waals surface area (Å²) in [6, 6.07) is 7.87. The normalized spacial score (nSPS) is 28.5. The molecule has 1 aromatic rings. The number of hydrogen-bond donors (Lipinski definition) is 0. The Kier molecular flexibility index (Phi) is 3.57. The van der Waals surface area contributed by atoms with Gasteiger partial charge in [0.25, 0.3) is 18.9 Å². The number of cyclic esters (lactones) is 1. The predicted octanol–water partition coefficient (Wildman–Crippen LogP) is 2.35. The highest BCUT2D eigenvalue weighted by atomic mass is 16.7. The molecule has 2 heterocycles. The van der Waals surface area contributed by atoms with Crippen molar-refractivity contribution in [2.75, 3.05) is 6.67 Å². The molecule has 1 aromatic carbocycles. The maximum Gasteiger partial charge on any atom is 0.336 e. The molecule has 25 heavy (non-hydrogen) atoms. The van der Waals surface area contributed by atoms with E-state index in [-0.39, 0.29) is 24.5 Å². The van der Waals surface area contributed by atoms with E-state index in [1.54, 1.807) is 17.9 Å².